The van der Waals surface area contributed by atoms with Gasteiger partial charge < -0.3 is 0 Å². The summed E-state index contributed by atoms with van der Waals surface area (Å²) in [6, 6.07) is 3.88. The molecule has 1 amide bonds. The third-order valence-electron chi connectivity index (χ3n) is 3.68. The second-order valence-electron chi connectivity index (χ2n) is 5.54. The number of carbonyl (C=O) groups excluding carboxylic acids is 2. The van der Waals surface area contributed by atoms with Gasteiger partial charge in [0.15, 0.2) is 16.6 Å². The lowest BCUT2D eigenvalue weighted by Gasteiger charge is -2.18. The van der Waals surface area contributed by atoms with Gasteiger partial charge in [0, 0.05) is 31.7 Å². The minimum absolute atomic E-state index is 0.0441. The summed E-state index contributed by atoms with van der Waals surface area (Å²) in [5, 5.41) is 13.7. The van der Waals surface area contributed by atoms with E-state index < -0.39 is 0 Å². The molecular weight excluding hydrogens is 314 g/mol. The van der Waals surface area contributed by atoms with E-state index in [1.165, 1.54) is 24.9 Å². The predicted molar refractivity (Wildman–Crippen MR) is 86.0 cm³/mol. The summed E-state index contributed by atoms with van der Waals surface area (Å²) < 4.78 is 1.55. The Morgan fingerprint density at radius 3 is 3.04 bits per heavy atom. The highest BCUT2D eigenvalue weighted by Crippen LogP contribution is 2.29. The van der Waals surface area contributed by atoms with Gasteiger partial charge in [-0.15, -0.1) is 0 Å². The van der Waals surface area contributed by atoms with Crippen molar-refractivity contribution in [3.63, 3.8) is 0 Å². The summed E-state index contributed by atoms with van der Waals surface area (Å²) >= 11 is 1.23. The molecule has 1 atom stereocenters. The molecule has 23 heavy (non-hydrogen) atoms. The molecule has 0 saturated carbocycles. The number of fused-ring (bicyclic) bond motifs is 1. The van der Waals surface area contributed by atoms with Crippen molar-refractivity contribution in [2.24, 2.45) is 5.92 Å². The average Bonchev–Trinajstić information content (AvgIpc) is 3.05. The van der Waals surface area contributed by atoms with Crippen LogP contribution in [0.15, 0.2) is 12.3 Å². The van der Waals surface area contributed by atoms with Crippen LogP contribution in [0.3, 0.4) is 0 Å². The molecule has 0 aromatic carbocycles. The molecule has 0 aliphatic carbocycles. The Labute approximate surface area is 137 Å². The van der Waals surface area contributed by atoms with E-state index in [1.54, 1.807) is 15.5 Å². The molecule has 1 saturated heterocycles. The Morgan fingerprint density at radius 1 is 1.57 bits per heavy atom. The van der Waals surface area contributed by atoms with Crippen LogP contribution in [-0.2, 0) is 9.59 Å². The van der Waals surface area contributed by atoms with Gasteiger partial charge in [-0.05, 0) is 12.8 Å². The first kappa shape index (κ1) is 15.5. The zero-order chi connectivity index (χ0) is 16.6. The van der Waals surface area contributed by atoms with Crippen LogP contribution in [0.1, 0.15) is 24.6 Å². The van der Waals surface area contributed by atoms with Gasteiger partial charge in [0.1, 0.15) is 11.6 Å². The monoisotopic (exact) mass is 329 g/mol. The fraction of sp³-hybridized carbons (Fsp3) is 0.400. The molecule has 1 aliphatic heterocycles. The summed E-state index contributed by atoms with van der Waals surface area (Å²) in [6.07, 6.45) is 1.84. The smallest absolute Gasteiger partial charge is 0.228 e. The molecule has 0 bridgehead atoms. The molecule has 118 valence electrons. The SMILES string of the molecule is CC(=O)SCC1CC(=O)N(c2c(C#N)cnc3cc(C)nn23)C1. The highest BCUT2D eigenvalue weighted by Gasteiger charge is 2.34. The molecule has 0 spiro atoms. The topological polar surface area (TPSA) is 91.4 Å². The summed E-state index contributed by atoms with van der Waals surface area (Å²) in [6.45, 7) is 3.83. The van der Waals surface area contributed by atoms with E-state index >= 15 is 0 Å². The number of nitriles is 1. The molecule has 0 N–H and O–H groups in total. The number of aryl methyl sites for hydroxylation is 1. The number of nitrogens with zero attached hydrogens (tertiary/aromatic N) is 5. The Kier molecular flexibility index (Phi) is 4.05. The van der Waals surface area contributed by atoms with Crippen molar-refractivity contribution in [1.29, 1.82) is 5.26 Å². The minimum Gasteiger partial charge on any atom is -0.295 e. The Balaban J connectivity index is 1.98. The van der Waals surface area contributed by atoms with Crippen LogP contribution >= 0.6 is 11.8 Å². The lowest BCUT2D eigenvalue weighted by Crippen LogP contribution is -2.28. The van der Waals surface area contributed by atoms with Crippen LogP contribution in [0.2, 0.25) is 0 Å². The number of amides is 1. The number of hydrogen-bond acceptors (Lipinski definition) is 6. The average molecular weight is 329 g/mol. The van der Waals surface area contributed by atoms with E-state index in [2.05, 4.69) is 16.2 Å². The van der Waals surface area contributed by atoms with Crippen LogP contribution in [0.25, 0.3) is 5.65 Å². The number of carbonyl (C=O) groups is 2. The van der Waals surface area contributed by atoms with Crippen LogP contribution < -0.4 is 4.90 Å². The van der Waals surface area contributed by atoms with Gasteiger partial charge in [-0.1, -0.05) is 11.8 Å². The summed E-state index contributed by atoms with van der Waals surface area (Å²) in [7, 11) is 0. The highest BCUT2D eigenvalue weighted by atomic mass is 32.2. The van der Waals surface area contributed by atoms with Crippen LogP contribution in [-0.4, -0.2) is 37.9 Å². The number of hydrogen-bond donors (Lipinski definition) is 0. The van der Waals surface area contributed by atoms with Crippen molar-refractivity contribution < 1.29 is 9.59 Å². The van der Waals surface area contributed by atoms with E-state index in [4.69, 9.17) is 0 Å². The molecular formula is C15H15N5O2S. The van der Waals surface area contributed by atoms with Gasteiger partial charge in [-0.2, -0.15) is 14.9 Å². The molecule has 2 aromatic heterocycles. The van der Waals surface area contributed by atoms with Gasteiger partial charge in [0.2, 0.25) is 5.91 Å². The zero-order valence-electron chi connectivity index (χ0n) is 12.8. The first-order valence-corrected chi connectivity index (χ1v) is 8.17. The van der Waals surface area contributed by atoms with Crippen molar-refractivity contribution in [3.8, 4) is 6.07 Å². The summed E-state index contributed by atoms with van der Waals surface area (Å²) in [5.74, 6) is 1.09. The molecule has 0 radical (unpaired) electrons. The van der Waals surface area contributed by atoms with E-state index in [1.807, 2.05) is 6.92 Å². The normalized spacial score (nSPS) is 17.7. The molecule has 8 heteroatoms. The Bertz CT molecular complexity index is 838. The maximum atomic E-state index is 12.4. The number of aromatic nitrogens is 3. The fourth-order valence-corrected chi connectivity index (χ4v) is 3.40. The number of thioether (sulfide) groups is 1. The second-order valence-corrected chi connectivity index (χ2v) is 6.74. The standard InChI is InChI=1S/C15H15N5O2S/c1-9-3-13-17-6-12(5-16)15(20(13)18-9)19-7-11(4-14(19)22)8-23-10(2)21/h3,6,11H,4,7-8H2,1-2H3. The van der Waals surface area contributed by atoms with E-state index in [0.29, 0.717) is 35.7 Å². The maximum absolute atomic E-state index is 12.4. The van der Waals surface area contributed by atoms with Crippen LogP contribution in [0.5, 0.6) is 0 Å². The number of rotatable bonds is 3. The lowest BCUT2D eigenvalue weighted by atomic mass is 10.1. The first-order chi connectivity index (χ1) is 11.0. The van der Waals surface area contributed by atoms with Gasteiger partial charge in [-0.3, -0.25) is 14.5 Å². The maximum Gasteiger partial charge on any atom is 0.228 e. The molecule has 2 aromatic rings. The molecule has 3 rings (SSSR count). The van der Waals surface area contributed by atoms with E-state index in [-0.39, 0.29) is 16.9 Å². The third-order valence-corrected chi connectivity index (χ3v) is 4.73. The molecule has 7 nitrogen and oxygen atoms in total. The van der Waals surface area contributed by atoms with E-state index in [9.17, 15) is 14.9 Å². The quantitative estimate of drug-likeness (QED) is 0.848. The van der Waals surface area contributed by atoms with Gasteiger partial charge in [-0.25, -0.2) is 4.98 Å². The van der Waals surface area contributed by atoms with Crippen molar-refractivity contribution in [2.45, 2.75) is 20.3 Å². The highest BCUT2D eigenvalue weighted by molar-refractivity contribution is 8.13. The van der Waals surface area contributed by atoms with Gasteiger partial charge >= 0.3 is 0 Å². The first-order valence-electron chi connectivity index (χ1n) is 7.19. The van der Waals surface area contributed by atoms with Crippen LogP contribution in [0.4, 0.5) is 5.82 Å². The lowest BCUT2D eigenvalue weighted by molar-refractivity contribution is -0.117. The van der Waals surface area contributed by atoms with Crippen LogP contribution in [0, 0.1) is 24.2 Å². The Morgan fingerprint density at radius 2 is 2.35 bits per heavy atom. The summed E-state index contributed by atoms with van der Waals surface area (Å²) in [5.41, 5.74) is 1.68. The van der Waals surface area contributed by atoms with Crippen molar-refractivity contribution in [1.82, 2.24) is 14.6 Å². The third kappa shape index (κ3) is 2.92. The predicted octanol–water partition coefficient (Wildman–Crippen LogP) is 1.54. The van der Waals surface area contributed by atoms with Crippen molar-refractivity contribution >= 4 is 34.2 Å². The minimum atomic E-state index is -0.0590. The molecule has 1 aliphatic rings. The number of anilines is 1. The molecule has 3 heterocycles. The van der Waals surface area contributed by atoms with Crippen molar-refractivity contribution in [3.05, 3.63) is 23.5 Å². The summed E-state index contributed by atoms with van der Waals surface area (Å²) in [4.78, 5) is 29.3. The second kappa shape index (κ2) is 6.01. The van der Waals surface area contributed by atoms with Gasteiger partial charge in [0.05, 0.1) is 11.9 Å². The van der Waals surface area contributed by atoms with Crippen molar-refractivity contribution in [2.75, 3.05) is 17.2 Å². The van der Waals surface area contributed by atoms with E-state index in [0.717, 1.165) is 5.69 Å². The van der Waals surface area contributed by atoms with Gasteiger partial charge in [0.25, 0.3) is 0 Å². The Hall–Kier alpha value is -2.40. The molecule has 1 unspecified atom stereocenters. The zero-order valence-corrected chi connectivity index (χ0v) is 13.6. The largest absolute Gasteiger partial charge is 0.295 e. The fourth-order valence-electron chi connectivity index (χ4n) is 2.71. The molecule has 1 fully saturated rings.